The molecule has 6 nitrogen and oxygen atoms in total. The molecule has 1 aliphatic heterocycles. The van der Waals surface area contributed by atoms with Crippen molar-refractivity contribution in [1.29, 1.82) is 0 Å². The van der Waals surface area contributed by atoms with Crippen LogP contribution < -0.4 is 19.4 Å². The standard InChI is InChI=1S/C20H21N3O3/c1-25-14-8-9-19(26-2)15(12-14)18(24)13-23-17-7-4-3-6-16(17)22-11-5-10-21-20(22)23/h3-4,6-9,12H,5,10-11,13H2,1-2H3/p+1. The molecule has 0 amide bonds. The van der Waals surface area contributed by atoms with Crippen LogP contribution in [-0.2, 0) is 13.1 Å². The number of aromatic nitrogens is 2. The molecule has 0 atom stereocenters. The Labute approximate surface area is 152 Å². The minimum atomic E-state index is -0.0164. The van der Waals surface area contributed by atoms with Gasteiger partial charge in [-0.2, -0.15) is 0 Å². The van der Waals surface area contributed by atoms with Gasteiger partial charge >= 0.3 is 5.95 Å². The van der Waals surface area contributed by atoms with Crippen molar-refractivity contribution in [3.63, 3.8) is 0 Å². The van der Waals surface area contributed by atoms with Crippen LogP contribution in [0.3, 0.4) is 0 Å². The number of carbonyl (C=O) groups is 1. The molecule has 0 saturated carbocycles. The van der Waals surface area contributed by atoms with Crippen molar-refractivity contribution in [1.82, 2.24) is 4.57 Å². The summed E-state index contributed by atoms with van der Waals surface area (Å²) in [6, 6.07) is 13.5. The summed E-state index contributed by atoms with van der Waals surface area (Å²) in [7, 11) is 3.16. The number of rotatable bonds is 5. The number of ether oxygens (including phenoxy) is 2. The second-order valence-electron chi connectivity index (χ2n) is 6.32. The maximum Gasteiger partial charge on any atom is 0.358 e. The molecule has 0 aliphatic carbocycles. The fourth-order valence-electron chi connectivity index (χ4n) is 3.57. The molecular formula is C20H22N3O3+. The Balaban J connectivity index is 1.78. The molecule has 1 N–H and O–H groups in total. The van der Waals surface area contributed by atoms with Crippen molar-refractivity contribution in [2.75, 3.05) is 26.1 Å². The van der Waals surface area contributed by atoms with E-state index in [2.05, 4.69) is 26.6 Å². The number of nitrogens with zero attached hydrogens (tertiary/aromatic N) is 2. The van der Waals surface area contributed by atoms with Gasteiger partial charge in [0, 0.05) is 6.42 Å². The van der Waals surface area contributed by atoms with Crippen molar-refractivity contribution >= 4 is 22.8 Å². The Kier molecular flexibility index (Phi) is 4.24. The van der Waals surface area contributed by atoms with Crippen molar-refractivity contribution in [3.05, 3.63) is 48.0 Å². The van der Waals surface area contributed by atoms with Gasteiger partial charge in [-0.3, -0.25) is 10.1 Å². The number of carbonyl (C=O) groups excluding carboxylic acids is 1. The lowest BCUT2D eigenvalue weighted by Gasteiger charge is -2.12. The van der Waals surface area contributed by atoms with E-state index in [0.717, 1.165) is 36.5 Å². The third-order valence-corrected chi connectivity index (χ3v) is 4.83. The van der Waals surface area contributed by atoms with Crippen LogP contribution in [0.5, 0.6) is 11.5 Å². The van der Waals surface area contributed by atoms with E-state index >= 15 is 0 Å². The van der Waals surface area contributed by atoms with Crippen LogP contribution in [0.2, 0.25) is 0 Å². The first kappa shape index (κ1) is 16.4. The normalized spacial score (nSPS) is 13.2. The van der Waals surface area contributed by atoms with Gasteiger partial charge in [0.05, 0.1) is 32.9 Å². The fraction of sp³-hybridized carbons (Fsp3) is 0.300. The molecule has 2 heterocycles. The van der Waals surface area contributed by atoms with Gasteiger partial charge in [0.1, 0.15) is 29.1 Å². The number of imidazole rings is 1. The lowest BCUT2D eigenvalue weighted by molar-refractivity contribution is -0.661. The molecule has 6 heteroatoms. The van der Waals surface area contributed by atoms with Gasteiger partial charge in [0.15, 0.2) is 0 Å². The molecule has 1 aliphatic rings. The van der Waals surface area contributed by atoms with E-state index in [1.807, 2.05) is 12.1 Å². The topological polar surface area (TPSA) is 56.4 Å². The number of para-hydroxylation sites is 2. The van der Waals surface area contributed by atoms with Crippen molar-refractivity contribution < 1.29 is 18.8 Å². The third kappa shape index (κ3) is 2.67. The highest BCUT2D eigenvalue weighted by molar-refractivity contribution is 5.99. The van der Waals surface area contributed by atoms with Crippen LogP contribution in [0.15, 0.2) is 42.5 Å². The largest absolute Gasteiger partial charge is 0.497 e. The quantitative estimate of drug-likeness (QED) is 0.567. The Morgan fingerprint density at radius 1 is 1.19 bits per heavy atom. The molecule has 1 aromatic heterocycles. The predicted molar refractivity (Wildman–Crippen MR) is 99.1 cm³/mol. The number of aryl methyl sites for hydroxylation is 1. The number of ketones is 1. The van der Waals surface area contributed by atoms with Gasteiger partial charge in [-0.1, -0.05) is 12.1 Å². The Hall–Kier alpha value is -3.02. The minimum absolute atomic E-state index is 0.0164. The van der Waals surface area contributed by atoms with Crippen LogP contribution >= 0.6 is 0 Å². The number of nitrogens with one attached hydrogen (secondary N) is 1. The second kappa shape index (κ2) is 6.71. The van der Waals surface area contributed by atoms with Crippen LogP contribution in [0.4, 0.5) is 5.95 Å². The monoisotopic (exact) mass is 352 g/mol. The lowest BCUT2D eigenvalue weighted by atomic mass is 10.1. The van der Waals surface area contributed by atoms with Gasteiger partial charge in [0.2, 0.25) is 5.78 Å². The lowest BCUT2D eigenvalue weighted by Crippen LogP contribution is -2.42. The first-order chi connectivity index (χ1) is 12.7. The van der Waals surface area contributed by atoms with Crippen LogP contribution in [-0.4, -0.2) is 31.1 Å². The van der Waals surface area contributed by atoms with E-state index in [0.29, 0.717) is 17.1 Å². The summed E-state index contributed by atoms with van der Waals surface area (Å²) in [5.74, 6) is 2.16. The van der Waals surface area contributed by atoms with Crippen LogP contribution in [0.1, 0.15) is 16.8 Å². The Bertz CT molecular complexity index is 978. The number of Topliss-reactive ketones (excluding diaryl/α,β-unsaturated/α-hetero) is 1. The summed E-state index contributed by atoms with van der Waals surface area (Å²) < 4.78 is 14.9. The van der Waals surface area contributed by atoms with E-state index in [9.17, 15) is 4.79 Å². The van der Waals surface area contributed by atoms with E-state index in [4.69, 9.17) is 9.47 Å². The highest BCUT2D eigenvalue weighted by Gasteiger charge is 2.28. The van der Waals surface area contributed by atoms with Gasteiger partial charge in [0.25, 0.3) is 0 Å². The van der Waals surface area contributed by atoms with Gasteiger partial charge in [-0.25, -0.2) is 9.13 Å². The Morgan fingerprint density at radius 3 is 2.85 bits per heavy atom. The summed E-state index contributed by atoms with van der Waals surface area (Å²) in [6.07, 6.45) is 1.07. The van der Waals surface area contributed by atoms with E-state index in [-0.39, 0.29) is 12.3 Å². The molecule has 0 radical (unpaired) electrons. The molecule has 26 heavy (non-hydrogen) atoms. The number of fused-ring (bicyclic) bond motifs is 3. The minimum Gasteiger partial charge on any atom is -0.497 e. The maximum atomic E-state index is 13.1. The maximum absolute atomic E-state index is 13.1. The van der Waals surface area contributed by atoms with Crippen molar-refractivity contribution in [2.45, 2.75) is 19.5 Å². The molecule has 134 valence electrons. The number of hydrogen-bond donors (Lipinski definition) is 1. The highest BCUT2D eigenvalue weighted by atomic mass is 16.5. The SMILES string of the molecule is COc1ccc(OC)c(C(=O)Cn2c3[n+](c4ccccc42)CCCN3)c1. The highest BCUT2D eigenvalue weighted by Crippen LogP contribution is 2.26. The number of methoxy groups -OCH3 is 2. The molecule has 4 rings (SSSR count). The predicted octanol–water partition coefficient (Wildman–Crippen LogP) is 2.64. The molecule has 0 saturated heterocycles. The smallest absolute Gasteiger partial charge is 0.358 e. The summed E-state index contributed by atoms with van der Waals surface area (Å²) in [4.78, 5) is 13.1. The molecule has 0 unspecified atom stereocenters. The van der Waals surface area contributed by atoms with E-state index in [1.54, 1.807) is 32.4 Å². The average Bonchev–Trinajstić information content (AvgIpc) is 3.01. The van der Waals surface area contributed by atoms with Gasteiger partial charge in [-0.05, 0) is 30.3 Å². The summed E-state index contributed by atoms with van der Waals surface area (Å²) in [5, 5.41) is 3.45. The van der Waals surface area contributed by atoms with Gasteiger partial charge < -0.3 is 9.47 Å². The molecular weight excluding hydrogens is 330 g/mol. The summed E-state index contributed by atoms with van der Waals surface area (Å²) >= 11 is 0. The molecule has 0 spiro atoms. The first-order valence-corrected chi connectivity index (χ1v) is 8.73. The fourth-order valence-corrected chi connectivity index (χ4v) is 3.57. The zero-order valence-electron chi connectivity index (χ0n) is 15.0. The average molecular weight is 352 g/mol. The number of anilines is 1. The van der Waals surface area contributed by atoms with E-state index < -0.39 is 0 Å². The zero-order chi connectivity index (χ0) is 18.1. The van der Waals surface area contributed by atoms with Crippen LogP contribution in [0, 0.1) is 0 Å². The number of hydrogen-bond acceptors (Lipinski definition) is 4. The molecule has 0 fully saturated rings. The van der Waals surface area contributed by atoms with Crippen LogP contribution in [0.25, 0.3) is 11.0 Å². The summed E-state index contributed by atoms with van der Waals surface area (Å²) in [6.45, 7) is 2.10. The van der Waals surface area contributed by atoms with E-state index in [1.165, 1.54) is 0 Å². The molecule has 0 bridgehead atoms. The third-order valence-electron chi connectivity index (χ3n) is 4.83. The number of benzene rings is 2. The Morgan fingerprint density at radius 2 is 2.04 bits per heavy atom. The molecule has 2 aromatic carbocycles. The summed E-state index contributed by atoms with van der Waals surface area (Å²) in [5.41, 5.74) is 2.71. The zero-order valence-corrected chi connectivity index (χ0v) is 15.0. The van der Waals surface area contributed by atoms with Gasteiger partial charge in [-0.15, -0.1) is 0 Å². The van der Waals surface area contributed by atoms with Crippen molar-refractivity contribution in [2.24, 2.45) is 0 Å². The molecule has 3 aromatic rings. The van der Waals surface area contributed by atoms with Crippen molar-refractivity contribution in [3.8, 4) is 11.5 Å². The first-order valence-electron chi connectivity index (χ1n) is 8.73. The second-order valence-corrected chi connectivity index (χ2v) is 6.32.